The molecule has 0 amide bonds. The molecule has 1 aliphatic heterocycles. The molecule has 0 aliphatic carbocycles. The van der Waals surface area contributed by atoms with Crippen LogP contribution < -0.4 is 10.1 Å². The molecule has 1 atom stereocenters. The average Bonchev–Trinajstić information content (AvgIpc) is 2.54. The number of anilines is 1. The third-order valence-electron chi connectivity index (χ3n) is 3.35. The van der Waals surface area contributed by atoms with Gasteiger partial charge < -0.3 is 10.1 Å². The van der Waals surface area contributed by atoms with Gasteiger partial charge in [0.2, 0.25) is 5.88 Å². The molecule has 16 heavy (non-hydrogen) atoms. The molecule has 1 aliphatic rings. The highest BCUT2D eigenvalue weighted by atomic mass is 16.5. The van der Waals surface area contributed by atoms with Gasteiger partial charge in [-0.15, -0.1) is 0 Å². The van der Waals surface area contributed by atoms with Gasteiger partial charge in [0.05, 0.1) is 6.61 Å². The van der Waals surface area contributed by atoms with Crippen LogP contribution in [-0.4, -0.2) is 18.1 Å². The molecule has 0 saturated carbocycles. The Bertz CT molecular complexity index is 376. The van der Waals surface area contributed by atoms with E-state index in [1.54, 1.807) is 0 Å². The Hall–Kier alpha value is -1.25. The summed E-state index contributed by atoms with van der Waals surface area (Å²) >= 11 is 0. The molecule has 3 nitrogen and oxygen atoms in total. The first-order valence-corrected chi connectivity index (χ1v) is 6.10. The third-order valence-corrected chi connectivity index (χ3v) is 3.35. The molecule has 2 heterocycles. The van der Waals surface area contributed by atoms with Gasteiger partial charge in [-0.25, -0.2) is 4.98 Å². The van der Waals surface area contributed by atoms with Crippen molar-refractivity contribution in [3.63, 3.8) is 0 Å². The van der Waals surface area contributed by atoms with Crippen molar-refractivity contribution < 1.29 is 4.74 Å². The first kappa shape index (κ1) is 11.2. The second kappa shape index (κ2) is 4.73. The summed E-state index contributed by atoms with van der Waals surface area (Å²) in [6.45, 7) is 8.34. The summed E-state index contributed by atoms with van der Waals surface area (Å²) in [4.78, 5) is 4.42. The minimum atomic E-state index is 0.558. The Morgan fingerprint density at radius 3 is 3.12 bits per heavy atom. The van der Waals surface area contributed by atoms with Crippen LogP contribution in [0, 0.1) is 6.92 Å². The van der Waals surface area contributed by atoms with E-state index in [0.717, 1.165) is 37.6 Å². The van der Waals surface area contributed by atoms with Gasteiger partial charge in [-0.3, -0.25) is 0 Å². The summed E-state index contributed by atoms with van der Waals surface area (Å²) < 4.78 is 5.62. The highest BCUT2D eigenvalue weighted by molar-refractivity contribution is 5.61. The Morgan fingerprint density at radius 2 is 2.38 bits per heavy atom. The largest absolute Gasteiger partial charge is 0.476 e. The number of hydrogen-bond donors (Lipinski definition) is 1. The van der Waals surface area contributed by atoms with E-state index in [1.807, 2.05) is 6.20 Å². The first-order valence-electron chi connectivity index (χ1n) is 6.10. The summed E-state index contributed by atoms with van der Waals surface area (Å²) in [6.07, 6.45) is 4.14. The molecule has 3 heteroatoms. The normalized spacial score (nSPS) is 16.7. The van der Waals surface area contributed by atoms with E-state index in [4.69, 9.17) is 4.74 Å². The molecular weight excluding hydrogens is 200 g/mol. The first-order chi connectivity index (χ1) is 7.74. The number of hydrogen-bond acceptors (Lipinski definition) is 3. The van der Waals surface area contributed by atoms with Gasteiger partial charge in [-0.1, -0.05) is 13.8 Å². The number of nitrogens with one attached hydrogen (secondary N) is 1. The van der Waals surface area contributed by atoms with Crippen molar-refractivity contribution in [3.05, 3.63) is 17.3 Å². The van der Waals surface area contributed by atoms with Gasteiger partial charge in [0, 0.05) is 12.7 Å². The molecule has 0 aromatic carbocycles. The monoisotopic (exact) mass is 220 g/mol. The topological polar surface area (TPSA) is 34.2 Å². The number of aromatic nitrogens is 1. The lowest BCUT2D eigenvalue weighted by molar-refractivity contribution is 0.311. The molecule has 0 fully saturated rings. The third kappa shape index (κ3) is 1.99. The summed E-state index contributed by atoms with van der Waals surface area (Å²) in [5.74, 6) is 1.32. The maximum absolute atomic E-state index is 5.62. The van der Waals surface area contributed by atoms with E-state index in [2.05, 4.69) is 31.1 Å². The van der Waals surface area contributed by atoms with Crippen LogP contribution in [0.5, 0.6) is 5.88 Å². The smallest absolute Gasteiger partial charge is 0.237 e. The van der Waals surface area contributed by atoms with E-state index in [9.17, 15) is 0 Å². The molecule has 0 spiro atoms. The molecule has 88 valence electrons. The van der Waals surface area contributed by atoms with E-state index >= 15 is 0 Å². The molecule has 1 N–H and O–H groups in total. The van der Waals surface area contributed by atoms with Crippen LogP contribution >= 0.6 is 0 Å². The molecule has 0 radical (unpaired) electrons. The molecule has 1 aromatic heterocycles. The predicted molar refractivity (Wildman–Crippen MR) is 66.3 cm³/mol. The van der Waals surface area contributed by atoms with E-state index < -0.39 is 0 Å². The zero-order valence-corrected chi connectivity index (χ0v) is 10.3. The summed E-state index contributed by atoms with van der Waals surface area (Å²) in [5.41, 5.74) is 3.72. The Labute approximate surface area is 97.2 Å². The summed E-state index contributed by atoms with van der Waals surface area (Å²) in [5, 5.41) is 3.43. The van der Waals surface area contributed by atoms with E-state index in [-0.39, 0.29) is 0 Å². The Balaban J connectivity index is 2.41. The van der Waals surface area contributed by atoms with Crippen molar-refractivity contribution in [1.82, 2.24) is 4.98 Å². The van der Waals surface area contributed by atoms with Crippen LogP contribution in [0.3, 0.4) is 0 Å². The molecule has 0 bridgehead atoms. The minimum absolute atomic E-state index is 0.558. The number of ether oxygens (including phenoxy) is 1. The lowest BCUT2D eigenvalue weighted by Gasteiger charge is -2.17. The maximum atomic E-state index is 5.62. The Morgan fingerprint density at radius 1 is 1.56 bits per heavy atom. The number of fused-ring (bicyclic) bond motifs is 1. The van der Waals surface area contributed by atoms with Crippen molar-refractivity contribution >= 4 is 5.69 Å². The van der Waals surface area contributed by atoms with Gasteiger partial charge in [0.15, 0.2) is 0 Å². The van der Waals surface area contributed by atoms with E-state index in [0.29, 0.717) is 5.92 Å². The highest BCUT2D eigenvalue weighted by Gasteiger charge is 2.17. The number of rotatable bonds is 2. The van der Waals surface area contributed by atoms with Crippen LogP contribution in [0.15, 0.2) is 6.20 Å². The van der Waals surface area contributed by atoms with E-state index in [1.165, 1.54) is 11.1 Å². The van der Waals surface area contributed by atoms with Crippen molar-refractivity contribution in [3.8, 4) is 5.88 Å². The van der Waals surface area contributed by atoms with Gasteiger partial charge >= 0.3 is 0 Å². The summed E-state index contributed by atoms with van der Waals surface area (Å²) in [6, 6.07) is 0. The predicted octanol–water partition coefficient (Wildman–Crippen LogP) is 3.10. The highest BCUT2D eigenvalue weighted by Crippen LogP contribution is 2.33. The van der Waals surface area contributed by atoms with Crippen LogP contribution in [0.2, 0.25) is 0 Å². The number of nitrogens with zero attached hydrogens (tertiary/aromatic N) is 1. The molecule has 0 saturated heterocycles. The van der Waals surface area contributed by atoms with Gasteiger partial charge in [0.25, 0.3) is 0 Å². The minimum Gasteiger partial charge on any atom is -0.476 e. The van der Waals surface area contributed by atoms with Crippen LogP contribution in [0.4, 0.5) is 5.69 Å². The van der Waals surface area contributed by atoms with Crippen molar-refractivity contribution in [1.29, 1.82) is 0 Å². The lowest BCUT2D eigenvalue weighted by atomic mass is 9.95. The fourth-order valence-electron chi connectivity index (χ4n) is 2.08. The SMILES string of the molecule is CC[C@@H](C)c1cnc2c(c1C)NCCCO2. The number of pyridine rings is 1. The average molecular weight is 220 g/mol. The van der Waals surface area contributed by atoms with Crippen molar-refractivity contribution in [2.24, 2.45) is 0 Å². The molecular formula is C13H20N2O. The standard InChI is InChI=1S/C13H20N2O/c1-4-9(2)11-8-15-13-12(10(11)3)14-6-5-7-16-13/h8-9,14H,4-7H2,1-3H3/t9-/m1/s1. The van der Waals surface area contributed by atoms with Gasteiger partial charge in [0.1, 0.15) is 5.69 Å². The Kier molecular flexibility index (Phi) is 3.32. The maximum Gasteiger partial charge on any atom is 0.237 e. The zero-order chi connectivity index (χ0) is 11.5. The molecule has 0 unspecified atom stereocenters. The van der Waals surface area contributed by atoms with Crippen molar-refractivity contribution in [2.75, 3.05) is 18.5 Å². The fourth-order valence-corrected chi connectivity index (χ4v) is 2.08. The summed E-state index contributed by atoms with van der Waals surface area (Å²) in [7, 11) is 0. The molecule has 1 aromatic rings. The van der Waals surface area contributed by atoms with Crippen LogP contribution in [0.25, 0.3) is 0 Å². The molecule has 2 rings (SSSR count). The van der Waals surface area contributed by atoms with Crippen molar-refractivity contribution in [2.45, 2.75) is 39.5 Å². The van der Waals surface area contributed by atoms with Crippen LogP contribution in [-0.2, 0) is 0 Å². The zero-order valence-electron chi connectivity index (χ0n) is 10.3. The second-order valence-corrected chi connectivity index (χ2v) is 4.46. The fraction of sp³-hybridized carbons (Fsp3) is 0.615. The van der Waals surface area contributed by atoms with Gasteiger partial charge in [-0.05, 0) is 36.8 Å². The quantitative estimate of drug-likeness (QED) is 0.831. The van der Waals surface area contributed by atoms with Gasteiger partial charge in [-0.2, -0.15) is 0 Å². The van der Waals surface area contributed by atoms with Crippen LogP contribution in [0.1, 0.15) is 43.7 Å². The lowest BCUT2D eigenvalue weighted by Crippen LogP contribution is -2.05. The second-order valence-electron chi connectivity index (χ2n) is 4.46.